The van der Waals surface area contributed by atoms with Gasteiger partial charge in [-0.2, -0.15) is 0 Å². The number of rotatable bonds is 4. The minimum Gasteiger partial charge on any atom is -0.342 e. The molecule has 94 valence electrons. The van der Waals surface area contributed by atoms with E-state index in [1.165, 1.54) is 18.2 Å². The zero-order valence-electron chi connectivity index (χ0n) is 9.71. The fourth-order valence-electron chi connectivity index (χ4n) is 1.54. The zero-order valence-corrected chi connectivity index (χ0v) is 12.1. The van der Waals surface area contributed by atoms with Crippen molar-refractivity contribution >= 4 is 33.4 Å². The molecule has 0 N–H and O–H groups in total. The highest BCUT2D eigenvalue weighted by Gasteiger charge is 2.23. The van der Waals surface area contributed by atoms with Gasteiger partial charge in [0, 0.05) is 17.6 Å². The minimum atomic E-state index is -0.787. The summed E-state index contributed by atoms with van der Waals surface area (Å²) in [6.07, 6.45) is 0. The van der Waals surface area contributed by atoms with Crippen LogP contribution < -0.4 is 0 Å². The molecule has 0 bridgehead atoms. The van der Waals surface area contributed by atoms with Gasteiger partial charge in [0.05, 0.1) is 0 Å². The molecule has 1 atom stereocenters. The summed E-state index contributed by atoms with van der Waals surface area (Å²) in [4.78, 5) is 13.7. The standard InChI is InChI=1S/C12H14BrClFNO/c1-3-16(4-2)12(17)11(14)9-6-5-8(15)7-10(9)13/h5-7,11H,3-4H2,1-2H3. The number of hydrogen-bond donors (Lipinski definition) is 0. The molecule has 2 nitrogen and oxygen atoms in total. The lowest BCUT2D eigenvalue weighted by Crippen LogP contribution is -2.33. The van der Waals surface area contributed by atoms with E-state index in [9.17, 15) is 9.18 Å². The maximum Gasteiger partial charge on any atom is 0.245 e. The first-order valence-corrected chi connectivity index (χ1v) is 6.62. The van der Waals surface area contributed by atoms with Gasteiger partial charge in [0.1, 0.15) is 11.2 Å². The first-order valence-electron chi connectivity index (χ1n) is 5.39. The van der Waals surface area contributed by atoms with E-state index in [4.69, 9.17) is 11.6 Å². The Morgan fingerprint density at radius 3 is 2.53 bits per heavy atom. The lowest BCUT2D eigenvalue weighted by Gasteiger charge is -2.22. The quantitative estimate of drug-likeness (QED) is 0.773. The maximum atomic E-state index is 12.9. The van der Waals surface area contributed by atoms with Gasteiger partial charge in [-0.05, 0) is 31.5 Å². The Morgan fingerprint density at radius 2 is 2.06 bits per heavy atom. The van der Waals surface area contributed by atoms with Crippen LogP contribution in [-0.4, -0.2) is 23.9 Å². The van der Waals surface area contributed by atoms with Crippen LogP contribution in [0.25, 0.3) is 0 Å². The molecule has 1 rings (SSSR count). The summed E-state index contributed by atoms with van der Waals surface area (Å²) < 4.78 is 13.4. The Labute approximate surface area is 114 Å². The Balaban J connectivity index is 2.95. The number of nitrogens with zero attached hydrogens (tertiary/aromatic N) is 1. The summed E-state index contributed by atoms with van der Waals surface area (Å²) in [5, 5.41) is -0.787. The van der Waals surface area contributed by atoms with Crippen LogP contribution in [0.3, 0.4) is 0 Å². The molecule has 0 aliphatic heterocycles. The molecule has 5 heteroatoms. The first kappa shape index (κ1) is 14.5. The van der Waals surface area contributed by atoms with E-state index in [2.05, 4.69) is 15.9 Å². The Morgan fingerprint density at radius 1 is 1.47 bits per heavy atom. The molecule has 0 radical (unpaired) electrons. The van der Waals surface area contributed by atoms with Crippen molar-refractivity contribution in [2.45, 2.75) is 19.2 Å². The number of halogens is 3. The van der Waals surface area contributed by atoms with Gasteiger partial charge in [-0.15, -0.1) is 11.6 Å². The fourth-order valence-corrected chi connectivity index (χ4v) is 2.58. The van der Waals surface area contributed by atoms with Crippen molar-refractivity contribution in [2.75, 3.05) is 13.1 Å². The number of carbonyl (C=O) groups is 1. The van der Waals surface area contributed by atoms with E-state index in [0.717, 1.165) is 0 Å². The first-order chi connectivity index (χ1) is 8.01. The van der Waals surface area contributed by atoms with Crippen LogP contribution in [0.4, 0.5) is 4.39 Å². The molecule has 0 aromatic heterocycles. The number of hydrogen-bond acceptors (Lipinski definition) is 1. The number of alkyl halides is 1. The number of carbonyl (C=O) groups excluding carboxylic acids is 1. The van der Waals surface area contributed by atoms with E-state index >= 15 is 0 Å². The molecule has 0 fully saturated rings. The topological polar surface area (TPSA) is 20.3 Å². The molecule has 0 saturated carbocycles. The van der Waals surface area contributed by atoms with Crippen molar-refractivity contribution < 1.29 is 9.18 Å². The summed E-state index contributed by atoms with van der Waals surface area (Å²) in [5.41, 5.74) is 0.588. The van der Waals surface area contributed by atoms with E-state index in [1.54, 1.807) is 4.90 Å². The summed E-state index contributed by atoms with van der Waals surface area (Å²) in [6, 6.07) is 4.13. The molecule has 0 spiro atoms. The Bertz CT molecular complexity index is 409. The number of amides is 1. The van der Waals surface area contributed by atoms with Crippen molar-refractivity contribution in [1.82, 2.24) is 4.90 Å². The lowest BCUT2D eigenvalue weighted by atomic mass is 10.1. The Kier molecular flexibility index (Phi) is 5.40. The summed E-state index contributed by atoms with van der Waals surface area (Å²) in [7, 11) is 0. The number of benzene rings is 1. The summed E-state index contributed by atoms with van der Waals surface area (Å²) in [5.74, 6) is -0.524. The second-order valence-corrected chi connectivity index (χ2v) is 4.83. The highest BCUT2D eigenvalue weighted by Crippen LogP contribution is 2.30. The molecule has 1 aromatic rings. The largest absolute Gasteiger partial charge is 0.342 e. The van der Waals surface area contributed by atoms with Gasteiger partial charge < -0.3 is 4.90 Å². The second kappa shape index (κ2) is 6.36. The molecular weight excluding hydrogens is 308 g/mol. The van der Waals surface area contributed by atoms with E-state index < -0.39 is 5.38 Å². The van der Waals surface area contributed by atoms with Crippen LogP contribution in [0.5, 0.6) is 0 Å². The van der Waals surface area contributed by atoms with E-state index in [-0.39, 0.29) is 11.7 Å². The highest BCUT2D eigenvalue weighted by atomic mass is 79.9. The monoisotopic (exact) mass is 321 g/mol. The van der Waals surface area contributed by atoms with Gasteiger partial charge >= 0.3 is 0 Å². The minimum absolute atomic E-state index is 0.163. The molecule has 0 heterocycles. The SMILES string of the molecule is CCN(CC)C(=O)C(Cl)c1ccc(F)cc1Br. The van der Waals surface area contributed by atoms with Gasteiger partial charge in [0.2, 0.25) is 5.91 Å². The van der Waals surface area contributed by atoms with Crippen molar-refractivity contribution in [3.8, 4) is 0 Å². The molecule has 0 aliphatic rings. The van der Waals surface area contributed by atoms with Crippen molar-refractivity contribution in [3.63, 3.8) is 0 Å². The van der Waals surface area contributed by atoms with Crippen LogP contribution in [-0.2, 0) is 4.79 Å². The van der Waals surface area contributed by atoms with Gasteiger partial charge in [-0.3, -0.25) is 4.79 Å². The third-order valence-corrected chi connectivity index (χ3v) is 3.64. The predicted molar refractivity (Wildman–Crippen MR) is 70.6 cm³/mol. The normalized spacial score (nSPS) is 12.3. The zero-order chi connectivity index (χ0) is 13.0. The average Bonchev–Trinajstić information content (AvgIpc) is 2.29. The molecule has 0 saturated heterocycles. The third kappa shape index (κ3) is 3.42. The number of likely N-dealkylation sites (N-methyl/N-ethyl adjacent to an activating group) is 1. The molecule has 1 unspecified atom stereocenters. The van der Waals surface area contributed by atoms with Crippen molar-refractivity contribution in [3.05, 3.63) is 34.1 Å². The van der Waals surface area contributed by atoms with E-state index in [0.29, 0.717) is 23.1 Å². The van der Waals surface area contributed by atoms with Crippen LogP contribution in [0.1, 0.15) is 24.8 Å². The lowest BCUT2D eigenvalue weighted by molar-refractivity contribution is -0.130. The van der Waals surface area contributed by atoms with E-state index in [1.807, 2.05) is 13.8 Å². The smallest absolute Gasteiger partial charge is 0.245 e. The van der Waals surface area contributed by atoms with Gasteiger partial charge in [-0.25, -0.2) is 4.39 Å². The summed E-state index contributed by atoms with van der Waals surface area (Å²) in [6.45, 7) is 5.00. The van der Waals surface area contributed by atoms with Crippen molar-refractivity contribution in [1.29, 1.82) is 0 Å². The third-order valence-electron chi connectivity index (χ3n) is 2.53. The van der Waals surface area contributed by atoms with Gasteiger partial charge in [0.25, 0.3) is 0 Å². The van der Waals surface area contributed by atoms with Crippen LogP contribution in [0.2, 0.25) is 0 Å². The predicted octanol–water partition coefficient (Wildman–Crippen LogP) is 3.74. The molecule has 0 aliphatic carbocycles. The van der Waals surface area contributed by atoms with Crippen molar-refractivity contribution in [2.24, 2.45) is 0 Å². The van der Waals surface area contributed by atoms with Gasteiger partial charge in [-0.1, -0.05) is 22.0 Å². The van der Waals surface area contributed by atoms with Crippen LogP contribution >= 0.6 is 27.5 Å². The van der Waals surface area contributed by atoms with Crippen LogP contribution in [0, 0.1) is 5.82 Å². The molecule has 1 amide bonds. The Hall–Kier alpha value is -0.610. The molecule has 17 heavy (non-hydrogen) atoms. The highest BCUT2D eigenvalue weighted by molar-refractivity contribution is 9.10. The summed E-state index contributed by atoms with van der Waals surface area (Å²) >= 11 is 9.34. The second-order valence-electron chi connectivity index (χ2n) is 3.54. The van der Waals surface area contributed by atoms with Crippen LogP contribution in [0.15, 0.2) is 22.7 Å². The average molecular weight is 323 g/mol. The molecule has 1 aromatic carbocycles. The molecular formula is C12H14BrClFNO. The fraction of sp³-hybridized carbons (Fsp3) is 0.417. The maximum absolute atomic E-state index is 12.9. The van der Waals surface area contributed by atoms with Gasteiger partial charge in [0.15, 0.2) is 0 Å².